The van der Waals surface area contributed by atoms with Gasteiger partial charge in [0, 0.05) is 50.5 Å². The number of carbonyl (C=O) groups excluding carboxylic acids is 1. The molecule has 156 valence electrons. The monoisotopic (exact) mass is 395 g/mol. The molecule has 1 heterocycles. The van der Waals surface area contributed by atoms with Crippen molar-refractivity contribution in [2.75, 3.05) is 50.8 Å². The van der Waals surface area contributed by atoms with E-state index in [0.717, 1.165) is 57.9 Å². The number of benzene rings is 2. The minimum atomic E-state index is -0.0245. The van der Waals surface area contributed by atoms with E-state index < -0.39 is 0 Å². The van der Waals surface area contributed by atoms with Gasteiger partial charge in [-0.15, -0.1) is 0 Å². The SMILES string of the molecule is CCCCOc1ccc(C(=O)NCCN2CCN(c3cccc(C)c3)CC2)cc1. The molecule has 2 aromatic rings. The van der Waals surface area contributed by atoms with Crippen LogP contribution in [0.5, 0.6) is 5.75 Å². The van der Waals surface area contributed by atoms with Crippen LogP contribution in [0.4, 0.5) is 5.69 Å². The largest absolute Gasteiger partial charge is 0.494 e. The molecule has 3 rings (SSSR count). The van der Waals surface area contributed by atoms with Crippen molar-refractivity contribution in [3.05, 3.63) is 59.7 Å². The van der Waals surface area contributed by atoms with Crippen molar-refractivity contribution in [2.24, 2.45) is 0 Å². The van der Waals surface area contributed by atoms with Gasteiger partial charge in [-0.3, -0.25) is 9.69 Å². The molecule has 0 unspecified atom stereocenters. The van der Waals surface area contributed by atoms with Crippen molar-refractivity contribution in [1.82, 2.24) is 10.2 Å². The standard InChI is InChI=1S/C24H33N3O2/c1-3-4-18-29-23-10-8-21(9-11-23)24(28)25-12-13-26-14-16-27(17-15-26)22-7-5-6-20(2)19-22/h5-11,19H,3-4,12-18H2,1-2H3,(H,25,28). The van der Waals surface area contributed by atoms with Gasteiger partial charge < -0.3 is 15.0 Å². The number of hydrogen-bond acceptors (Lipinski definition) is 4. The average molecular weight is 396 g/mol. The highest BCUT2D eigenvalue weighted by Gasteiger charge is 2.17. The smallest absolute Gasteiger partial charge is 0.251 e. The minimum absolute atomic E-state index is 0.0245. The molecule has 1 fully saturated rings. The van der Waals surface area contributed by atoms with Crippen molar-refractivity contribution in [1.29, 1.82) is 0 Å². The molecule has 0 aromatic heterocycles. The number of carbonyl (C=O) groups is 1. The molecule has 0 spiro atoms. The summed E-state index contributed by atoms with van der Waals surface area (Å²) < 4.78 is 5.65. The molecule has 5 nitrogen and oxygen atoms in total. The predicted octanol–water partition coefficient (Wildman–Crippen LogP) is 3.73. The van der Waals surface area contributed by atoms with E-state index in [0.29, 0.717) is 12.1 Å². The van der Waals surface area contributed by atoms with Gasteiger partial charge in [0.05, 0.1) is 6.61 Å². The van der Waals surface area contributed by atoms with Crippen molar-refractivity contribution in [3.63, 3.8) is 0 Å². The Balaban J connectivity index is 1.36. The zero-order chi connectivity index (χ0) is 20.5. The maximum Gasteiger partial charge on any atom is 0.251 e. The third kappa shape index (κ3) is 6.50. The second kappa shape index (κ2) is 10.9. The third-order valence-corrected chi connectivity index (χ3v) is 5.34. The first-order valence-electron chi connectivity index (χ1n) is 10.7. The highest BCUT2D eigenvalue weighted by Crippen LogP contribution is 2.17. The van der Waals surface area contributed by atoms with E-state index in [9.17, 15) is 4.79 Å². The van der Waals surface area contributed by atoms with E-state index in [4.69, 9.17) is 4.74 Å². The first-order chi connectivity index (χ1) is 14.2. The molecule has 0 bridgehead atoms. The summed E-state index contributed by atoms with van der Waals surface area (Å²) in [5.41, 5.74) is 3.28. The van der Waals surface area contributed by atoms with Crippen LogP contribution in [-0.4, -0.2) is 56.7 Å². The van der Waals surface area contributed by atoms with Gasteiger partial charge in [-0.1, -0.05) is 25.5 Å². The van der Waals surface area contributed by atoms with Crippen LogP contribution in [0, 0.1) is 6.92 Å². The van der Waals surface area contributed by atoms with Crippen LogP contribution >= 0.6 is 0 Å². The first-order valence-corrected chi connectivity index (χ1v) is 10.7. The number of hydrogen-bond donors (Lipinski definition) is 1. The summed E-state index contributed by atoms with van der Waals surface area (Å²) in [7, 11) is 0. The minimum Gasteiger partial charge on any atom is -0.494 e. The normalized spacial score (nSPS) is 14.6. The van der Waals surface area contributed by atoms with Crippen molar-refractivity contribution < 1.29 is 9.53 Å². The lowest BCUT2D eigenvalue weighted by Crippen LogP contribution is -2.48. The summed E-state index contributed by atoms with van der Waals surface area (Å²) in [5.74, 6) is 0.796. The molecule has 0 radical (unpaired) electrons. The highest BCUT2D eigenvalue weighted by atomic mass is 16.5. The van der Waals surface area contributed by atoms with Gasteiger partial charge in [-0.25, -0.2) is 0 Å². The molecule has 1 amide bonds. The fourth-order valence-corrected chi connectivity index (χ4v) is 3.52. The van der Waals surface area contributed by atoms with Crippen LogP contribution in [0.1, 0.15) is 35.7 Å². The summed E-state index contributed by atoms with van der Waals surface area (Å²) in [6.07, 6.45) is 2.16. The van der Waals surface area contributed by atoms with Crippen LogP contribution in [0.3, 0.4) is 0 Å². The Morgan fingerprint density at radius 3 is 2.52 bits per heavy atom. The molecular weight excluding hydrogens is 362 g/mol. The summed E-state index contributed by atoms with van der Waals surface area (Å²) in [6, 6.07) is 16.1. The van der Waals surface area contributed by atoms with Crippen LogP contribution < -0.4 is 15.0 Å². The Morgan fingerprint density at radius 1 is 1.07 bits per heavy atom. The summed E-state index contributed by atoms with van der Waals surface area (Å²) in [4.78, 5) is 17.2. The Hall–Kier alpha value is -2.53. The van der Waals surface area contributed by atoms with E-state index in [1.54, 1.807) is 0 Å². The van der Waals surface area contributed by atoms with Gasteiger partial charge in [0.15, 0.2) is 0 Å². The van der Waals surface area contributed by atoms with Gasteiger partial charge in [-0.05, 0) is 55.3 Å². The number of nitrogens with zero attached hydrogens (tertiary/aromatic N) is 2. The van der Waals surface area contributed by atoms with E-state index in [2.05, 4.69) is 53.2 Å². The topological polar surface area (TPSA) is 44.8 Å². The zero-order valence-corrected chi connectivity index (χ0v) is 17.7. The highest BCUT2D eigenvalue weighted by molar-refractivity contribution is 5.94. The van der Waals surface area contributed by atoms with E-state index in [-0.39, 0.29) is 5.91 Å². The van der Waals surface area contributed by atoms with E-state index in [1.165, 1.54) is 11.3 Å². The number of amides is 1. The van der Waals surface area contributed by atoms with Crippen molar-refractivity contribution in [3.8, 4) is 5.75 Å². The second-order valence-corrected chi connectivity index (χ2v) is 7.65. The Kier molecular flexibility index (Phi) is 7.94. The van der Waals surface area contributed by atoms with Crippen LogP contribution in [0.15, 0.2) is 48.5 Å². The molecule has 0 saturated carbocycles. The van der Waals surface area contributed by atoms with Crippen molar-refractivity contribution >= 4 is 11.6 Å². The second-order valence-electron chi connectivity index (χ2n) is 7.65. The molecule has 0 atom stereocenters. The van der Waals surface area contributed by atoms with Crippen LogP contribution in [0.25, 0.3) is 0 Å². The summed E-state index contributed by atoms with van der Waals surface area (Å²) in [6.45, 7) is 10.6. The number of unbranched alkanes of at least 4 members (excludes halogenated alkanes) is 1. The lowest BCUT2D eigenvalue weighted by Gasteiger charge is -2.36. The fraction of sp³-hybridized carbons (Fsp3) is 0.458. The maximum atomic E-state index is 12.3. The predicted molar refractivity (Wildman–Crippen MR) is 119 cm³/mol. The molecule has 5 heteroatoms. The number of nitrogens with one attached hydrogen (secondary N) is 1. The molecule has 0 aliphatic carbocycles. The Labute approximate surface area is 174 Å². The van der Waals surface area contributed by atoms with Gasteiger partial charge in [0.2, 0.25) is 0 Å². The average Bonchev–Trinajstić information content (AvgIpc) is 2.75. The van der Waals surface area contributed by atoms with E-state index in [1.807, 2.05) is 24.3 Å². The van der Waals surface area contributed by atoms with Crippen molar-refractivity contribution in [2.45, 2.75) is 26.7 Å². The van der Waals surface area contributed by atoms with Crippen LogP contribution in [0.2, 0.25) is 0 Å². The molecule has 1 aliphatic rings. The molecule has 1 saturated heterocycles. The summed E-state index contributed by atoms with van der Waals surface area (Å²) in [5, 5.41) is 3.03. The first kappa shape index (κ1) is 21.2. The molecule has 1 N–H and O–H groups in total. The Morgan fingerprint density at radius 2 is 1.83 bits per heavy atom. The van der Waals surface area contributed by atoms with Gasteiger partial charge in [0.1, 0.15) is 5.75 Å². The fourth-order valence-electron chi connectivity index (χ4n) is 3.52. The number of rotatable bonds is 9. The lowest BCUT2D eigenvalue weighted by atomic mass is 10.2. The number of anilines is 1. The quantitative estimate of drug-likeness (QED) is 0.657. The van der Waals surface area contributed by atoms with Crippen LogP contribution in [-0.2, 0) is 0 Å². The molecule has 2 aromatic carbocycles. The lowest BCUT2D eigenvalue weighted by molar-refractivity contribution is 0.0947. The summed E-state index contributed by atoms with van der Waals surface area (Å²) >= 11 is 0. The molecular formula is C24H33N3O2. The van der Waals surface area contributed by atoms with Gasteiger partial charge in [-0.2, -0.15) is 0 Å². The number of ether oxygens (including phenoxy) is 1. The van der Waals surface area contributed by atoms with Gasteiger partial charge in [0.25, 0.3) is 5.91 Å². The number of aryl methyl sites for hydroxylation is 1. The molecule has 1 aliphatic heterocycles. The molecule has 29 heavy (non-hydrogen) atoms. The van der Waals surface area contributed by atoms with Gasteiger partial charge >= 0.3 is 0 Å². The third-order valence-electron chi connectivity index (χ3n) is 5.34. The maximum absolute atomic E-state index is 12.3. The number of piperazine rings is 1. The Bertz CT molecular complexity index is 768. The van der Waals surface area contributed by atoms with E-state index >= 15 is 0 Å². The zero-order valence-electron chi connectivity index (χ0n) is 17.7.